The van der Waals surface area contributed by atoms with Crippen LogP contribution in [0.25, 0.3) is 0 Å². The van der Waals surface area contributed by atoms with Gasteiger partial charge in [0.25, 0.3) is 0 Å². The number of alkyl halides is 1. The molecule has 1 unspecified atom stereocenters. The van der Waals surface area contributed by atoms with E-state index in [-0.39, 0.29) is 0 Å². The van der Waals surface area contributed by atoms with Gasteiger partial charge in [-0.2, -0.15) is 0 Å². The zero-order valence-corrected chi connectivity index (χ0v) is 19.1. The average Bonchev–Trinajstić information content (AvgIpc) is 2.61. The van der Waals surface area contributed by atoms with Crippen molar-refractivity contribution >= 4 is 11.6 Å². The Labute approximate surface area is 170 Å². The molecule has 26 heavy (non-hydrogen) atoms. The van der Waals surface area contributed by atoms with Gasteiger partial charge in [-0.3, -0.25) is 0 Å². The highest BCUT2D eigenvalue weighted by Gasteiger charge is 2.01. The number of halogens is 1. The lowest BCUT2D eigenvalue weighted by molar-refractivity contribution is 0.316. The molecule has 0 rings (SSSR count). The van der Waals surface area contributed by atoms with Crippen LogP contribution in [0.1, 0.15) is 110 Å². The molecule has 0 saturated carbocycles. The molecule has 1 atom stereocenters. The molecule has 158 valence electrons. The predicted molar refractivity (Wildman–Crippen MR) is 121 cm³/mol. The molecular weight excluding hydrogens is 340 g/mol. The molecule has 0 aliphatic carbocycles. The summed E-state index contributed by atoms with van der Waals surface area (Å²) in [7, 11) is 4.30. The molecule has 2 nitrogen and oxygen atoms in total. The Morgan fingerprint density at radius 2 is 1.04 bits per heavy atom. The maximum absolute atomic E-state index is 5.99. The summed E-state index contributed by atoms with van der Waals surface area (Å²) in [5.41, 5.74) is 0. The molecule has 0 heterocycles. The van der Waals surface area contributed by atoms with Gasteiger partial charge >= 0.3 is 0 Å². The van der Waals surface area contributed by atoms with Gasteiger partial charge in [-0.25, -0.2) is 0 Å². The van der Waals surface area contributed by atoms with Crippen LogP contribution in [0, 0.1) is 0 Å². The second-order valence-corrected chi connectivity index (χ2v) is 9.02. The summed E-state index contributed by atoms with van der Waals surface area (Å²) in [4.78, 5) is 2.47. The van der Waals surface area contributed by atoms with Crippen molar-refractivity contribution in [3.63, 3.8) is 0 Å². The van der Waals surface area contributed by atoms with E-state index < -0.39 is 0 Å². The number of rotatable bonds is 21. The quantitative estimate of drug-likeness (QED) is 0.168. The first-order valence-electron chi connectivity index (χ1n) is 11.6. The van der Waals surface area contributed by atoms with E-state index in [1.165, 1.54) is 116 Å². The fraction of sp³-hybridized carbons (Fsp3) is 1.00. The van der Waals surface area contributed by atoms with Crippen LogP contribution in [-0.2, 0) is 0 Å². The molecule has 0 aliphatic heterocycles. The van der Waals surface area contributed by atoms with E-state index in [1.54, 1.807) is 0 Å². The Morgan fingerprint density at radius 3 is 1.46 bits per heavy atom. The van der Waals surface area contributed by atoms with Crippen LogP contribution in [0.15, 0.2) is 0 Å². The predicted octanol–water partition coefficient (Wildman–Crippen LogP) is 7.01. The van der Waals surface area contributed by atoms with Gasteiger partial charge in [-0.1, -0.05) is 77.0 Å². The minimum Gasteiger partial charge on any atom is -0.320 e. The normalized spacial score (nSPS) is 12.8. The van der Waals surface area contributed by atoms with E-state index >= 15 is 0 Å². The fourth-order valence-corrected chi connectivity index (χ4v) is 3.71. The molecule has 0 aromatic rings. The Kier molecular flexibility index (Phi) is 21.7. The van der Waals surface area contributed by atoms with Crippen molar-refractivity contribution in [3.8, 4) is 0 Å². The van der Waals surface area contributed by atoms with Crippen LogP contribution < -0.4 is 5.32 Å². The van der Waals surface area contributed by atoms with Gasteiger partial charge in [0.1, 0.15) is 0 Å². The Bertz CT molecular complexity index is 259. The first kappa shape index (κ1) is 26.2. The van der Waals surface area contributed by atoms with Crippen molar-refractivity contribution in [3.05, 3.63) is 0 Å². The number of nitrogens with zero attached hydrogens (tertiary/aromatic N) is 1. The van der Waals surface area contributed by atoms with E-state index in [1.807, 2.05) is 7.05 Å². The highest BCUT2D eigenvalue weighted by molar-refractivity contribution is 6.20. The van der Waals surface area contributed by atoms with Crippen LogP contribution in [0.5, 0.6) is 0 Å². The minimum absolute atomic E-state index is 0.330. The number of hydrogen-bond donors (Lipinski definition) is 1. The number of unbranched alkanes of at least 4 members (excludes halogenated alkanes) is 13. The van der Waals surface area contributed by atoms with Gasteiger partial charge in [0.2, 0.25) is 0 Å². The molecule has 0 amide bonds. The molecular formula is C23H49ClN2. The largest absolute Gasteiger partial charge is 0.320 e. The van der Waals surface area contributed by atoms with Gasteiger partial charge in [0, 0.05) is 5.38 Å². The molecule has 0 fully saturated rings. The van der Waals surface area contributed by atoms with Crippen LogP contribution in [0.4, 0.5) is 0 Å². The lowest BCUT2D eigenvalue weighted by Crippen LogP contribution is -2.21. The van der Waals surface area contributed by atoms with Crippen molar-refractivity contribution in [2.45, 2.75) is 115 Å². The van der Waals surface area contributed by atoms with Gasteiger partial charge < -0.3 is 10.2 Å². The summed E-state index contributed by atoms with van der Waals surface area (Å²) in [6, 6.07) is 0. The van der Waals surface area contributed by atoms with Crippen LogP contribution in [0.2, 0.25) is 0 Å². The molecule has 1 N–H and O–H groups in total. The van der Waals surface area contributed by atoms with E-state index in [9.17, 15) is 0 Å². The molecule has 0 bridgehead atoms. The lowest BCUT2D eigenvalue weighted by Gasteiger charge is -2.16. The van der Waals surface area contributed by atoms with Crippen molar-refractivity contribution in [2.24, 2.45) is 0 Å². The first-order valence-corrected chi connectivity index (χ1v) is 12.1. The highest BCUT2D eigenvalue weighted by Crippen LogP contribution is 2.13. The van der Waals surface area contributed by atoms with E-state index in [2.05, 4.69) is 24.2 Å². The monoisotopic (exact) mass is 388 g/mol. The van der Waals surface area contributed by atoms with E-state index in [0.29, 0.717) is 5.38 Å². The summed E-state index contributed by atoms with van der Waals surface area (Å²) >= 11 is 5.99. The average molecular weight is 389 g/mol. The second-order valence-electron chi connectivity index (χ2n) is 8.28. The standard InChI is InChI=1S/C23H49ClN2/c1-23(24)19-18-22-26(3)21-17-15-13-11-9-7-5-4-6-8-10-12-14-16-20-25-2/h23,25H,4-22H2,1-3H3. The third kappa shape index (κ3) is 22.3. The van der Waals surface area contributed by atoms with Gasteiger partial charge in [-0.05, 0) is 66.3 Å². The van der Waals surface area contributed by atoms with Crippen LogP contribution in [0.3, 0.4) is 0 Å². The molecule has 0 saturated heterocycles. The maximum Gasteiger partial charge on any atom is 0.0308 e. The Hall–Kier alpha value is 0.210. The van der Waals surface area contributed by atoms with Gasteiger partial charge in [0.15, 0.2) is 0 Å². The first-order chi connectivity index (χ1) is 12.7. The van der Waals surface area contributed by atoms with Crippen molar-refractivity contribution < 1.29 is 0 Å². The maximum atomic E-state index is 5.99. The molecule has 0 radical (unpaired) electrons. The van der Waals surface area contributed by atoms with Crippen molar-refractivity contribution in [2.75, 3.05) is 33.7 Å². The molecule has 0 spiro atoms. The number of hydrogen-bond acceptors (Lipinski definition) is 2. The zero-order chi connectivity index (χ0) is 19.3. The second kappa shape index (κ2) is 21.5. The van der Waals surface area contributed by atoms with Crippen LogP contribution in [-0.4, -0.2) is 44.0 Å². The SMILES string of the molecule is CNCCCCCCCCCCCCCCCCN(C)CCCC(C)Cl. The number of nitrogens with one attached hydrogen (secondary N) is 1. The Balaban J connectivity index is 3.09. The summed E-state index contributed by atoms with van der Waals surface area (Å²) in [5.74, 6) is 0. The van der Waals surface area contributed by atoms with Crippen molar-refractivity contribution in [1.29, 1.82) is 0 Å². The zero-order valence-electron chi connectivity index (χ0n) is 18.3. The highest BCUT2D eigenvalue weighted by atomic mass is 35.5. The molecule has 3 heteroatoms. The summed E-state index contributed by atoms with van der Waals surface area (Å²) in [5, 5.41) is 3.55. The Morgan fingerprint density at radius 1 is 0.654 bits per heavy atom. The topological polar surface area (TPSA) is 15.3 Å². The molecule has 0 aromatic heterocycles. The fourth-order valence-electron chi connectivity index (χ4n) is 3.56. The lowest BCUT2D eigenvalue weighted by atomic mass is 10.0. The summed E-state index contributed by atoms with van der Waals surface area (Å²) in [6.45, 7) is 5.73. The smallest absolute Gasteiger partial charge is 0.0308 e. The third-order valence-corrected chi connectivity index (χ3v) is 5.58. The van der Waals surface area contributed by atoms with Crippen LogP contribution >= 0.6 is 11.6 Å². The minimum atomic E-state index is 0.330. The summed E-state index contributed by atoms with van der Waals surface area (Å²) < 4.78 is 0. The van der Waals surface area contributed by atoms with E-state index in [0.717, 1.165) is 6.42 Å². The molecule has 0 aliphatic rings. The third-order valence-electron chi connectivity index (χ3n) is 5.36. The molecule has 0 aromatic carbocycles. The van der Waals surface area contributed by atoms with Crippen molar-refractivity contribution in [1.82, 2.24) is 10.2 Å². The van der Waals surface area contributed by atoms with Gasteiger partial charge in [0.05, 0.1) is 0 Å². The van der Waals surface area contributed by atoms with E-state index in [4.69, 9.17) is 11.6 Å². The summed E-state index contributed by atoms with van der Waals surface area (Å²) in [6.07, 6.45) is 22.4. The van der Waals surface area contributed by atoms with Gasteiger partial charge in [-0.15, -0.1) is 11.6 Å².